The highest BCUT2D eigenvalue weighted by atomic mass is 32.1. The van der Waals surface area contributed by atoms with Crippen LogP contribution in [-0.4, -0.2) is 30.6 Å². The van der Waals surface area contributed by atoms with Crippen molar-refractivity contribution in [2.45, 2.75) is 39.0 Å². The average Bonchev–Trinajstić information content (AvgIpc) is 2.55. The number of carbonyl (C=O) groups is 1. The molecule has 0 bridgehead atoms. The van der Waals surface area contributed by atoms with E-state index in [1.165, 1.54) is 50.1 Å². The highest BCUT2D eigenvalue weighted by Gasteiger charge is 2.14. The molecule has 0 atom stereocenters. The number of nitrogens with one attached hydrogen (secondary N) is 1. The minimum Gasteiger partial charge on any atom is -0.544 e. The van der Waals surface area contributed by atoms with Gasteiger partial charge in [0.05, 0.1) is 41.2 Å². The fourth-order valence-electron chi connectivity index (χ4n) is 2.51. The van der Waals surface area contributed by atoms with Gasteiger partial charge in [-0.05, 0) is 32.6 Å². The Morgan fingerprint density at radius 3 is 2.56 bits per heavy atom. The van der Waals surface area contributed by atoms with E-state index in [1.54, 1.807) is 11.8 Å². The molecule has 0 radical (unpaired) electrons. The Morgan fingerprint density at radius 2 is 2.00 bits per heavy atom. The molecular formula is C13H20N2O2S. The Bertz CT molecular complexity index is 409. The average molecular weight is 268 g/mol. The van der Waals surface area contributed by atoms with E-state index < -0.39 is 5.97 Å². The van der Waals surface area contributed by atoms with Crippen LogP contribution in [0.3, 0.4) is 0 Å². The predicted molar refractivity (Wildman–Crippen MR) is 68.9 cm³/mol. The third kappa shape index (κ3) is 3.53. The van der Waals surface area contributed by atoms with Crippen LogP contribution in [0.2, 0.25) is 0 Å². The Hall–Kier alpha value is -0.940. The summed E-state index contributed by atoms with van der Waals surface area (Å²) in [5.74, 6) is -1.10. The van der Waals surface area contributed by atoms with Crippen molar-refractivity contribution < 1.29 is 14.8 Å². The Kier molecular flexibility index (Phi) is 4.72. The monoisotopic (exact) mass is 268 g/mol. The molecule has 1 aromatic heterocycles. The molecule has 0 spiro atoms. The number of carbonyl (C=O) groups excluding carboxylic acids is 1. The number of likely N-dealkylation sites (tertiary alicyclic amines) is 1. The Balaban J connectivity index is 1.89. The number of hydrogen-bond donors (Lipinski definition) is 1. The van der Waals surface area contributed by atoms with Crippen molar-refractivity contribution in [3.05, 3.63) is 15.6 Å². The SMILES string of the molecule is Cc1nc(CC[NH+]2CCCCCC2)sc1C(=O)[O-]. The van der Waals surface area contributed by atoms with Crippen molar-refractivity contribution in [1.29, 1.82) is 0 Å². The molecule has 0 unspecified atom stereocenters. The van der Waals surface area contributed by atoms with E-state index >= 15 is 0 Å². The smallest absolute Gasteiger partial charge is 0.0991 e. The zero-order valence-corrected chi connectivity index (χ0v) is 11.6. The van der Waals surface area contributed by atoms with Crippen molar-refractivity contribution >= 4 is 17.3 Å². The number of rotatable bonds is 4. The van der Waals surface area contributed by atoms with Gasteiger partial charge in [0.2, 0.25) is 0 Å². The standard InChI is InChI=1S/C13H20N2O2S/c1-10-12(13(16)17)18-11(14-10)6-9-15-7-4-2-3-5-8-15/h2-9H2,1H3,(H,16,17). The molecule has 0 saturated carbocycles. The predicted octanol–water partition coefficient (Wildman–Crippen LogP) is -0.184. The van der Waals surface area contributed by atoms with E-state index in [2.05, 4.69) is 4.98 Å². The fraction of sp³-hybridized carbons (Fsp3) is 0.692. The molecule has 1 N–H and O–H groups in total. The van der Waals surface area contributed by atoms with Crippen LogP contribution in [-0.2, 0) is 6.42 Å². The van der Waals surface area contributed by atoms with Crippen LogP contribution in [0.1, 0.15) is 46.1 Å². The first-order valence-electron chi connectivity index (χ1n) is 6.68. The second-order valence-electron chi connectivity index (χ2n) is 4.97. The van der Waals surface area contributed by atoms with Crippen LogP contribution in [0.4, 0.5) is 0 Å². The van der Waals surface area contributed by atoms with Gasteiger partial charge in [0, 0.05) is 6.42 Å². The summed E-state index contributed by atoms with van der Waals surface area (Å²) >= 11 is 1.27. The zero-order valence-electron chi connectivity index (χ0n) is 10.8. The lowest BCUT2D eigenvalue weighted by Crippen LogP contribution is -3.12. The highest BCUT2D eigenvalue weighted by Crippen LogP contribution is 2.17. The van der Waals surface area contributed by atoms with Gasteiger partial charge in [-0.3, -0.25) is 0 Å². The number of aromatic carboxylic acids is 1. The first kappa shape index (κ1) is 13.5. The van der Waals surface area contributed by atoms with Crippen LogP contribution in [0, 0.1) is 6.92 Å². The van der Waals surface area contributed by atoms with Crippen molar-refractivity contribution in [2.75, 3.05) is 19.6 Å². The quantitative estimate of drug-likeness (QED) is 0.824. The number of aromatic nitrogens is 1. The van der Waals surface area contributed by atoms with Gasteiger partial charge in [0.1, 0.15) is 0 Å². The summed E-state index contributed by atoms with van der Waals surface area (Å²) in [4.78, 5) is 17.1. The molecule has 2 heterocycles. The summed E-state index contributed by atoms with van der Waals surface area (Å²) in [5, 5.41) is 11.8. The maximum atomic E-state index is 10.8. The maximum absolute atomic E-state index is 10.8. The molecule has 1 aliphatic heterocycles. The first-order chi connectivity index (χ1) is 8.66. The van der Waals surface area contributed by atoms with Crippen molar-refractivity contribution in [1.82, 2.24) is 4.98 Å². The second-order valence-corrected chi connectivity index (χ2v) is 6.06. The van der Waals surface area contributed by atoms with Crippen LogP contribution in [0.5, 0.6) is 0 Å². The number of thiazole rings is 1. The molecule has 0 aromatic carbocycles. The number of carboxylic acid groups (broad SMARTS) is 1. The van der Waals surface area contributed by atoms with Crippen molar-refractivity contribution in [3.8, 4) is 0 Å². The normalized spacial score (nSPS) is 17.6. The van der Waals surface area contributed by atoms with Crippen molar-refractivity contribution in [2.24, 2.45) is 0 Å². The van der Waals surface area contributed by atoms with E-state index in [1.807, 2.05) is 0 Å². The summed E-state index contributed by atoms with van der Waals surface area (Å²) in [6, 6.07) is 0. The summed E-state index contributed by atoms with van der Waals surface area (Å²) in [7, 11) is 0. The Labute approximate surface area is 112 Å². The summed E-state index contributed by atoms with van der Waals surface area (Å²) < 4.78 is 0. The van der Waals surface area contributed by atoms with Gasteiger partial charge in [-0.15, -0.1) is 11.3 Å². The van der Waals surface area contributed by atoms with E-state index in [4.69, 9.17) is 0 Å². The van der Waals surface area contributed by atoms with Gasteiger partial charge in [-0.1, -0.05) is 0 Å². The molecular weight excluding hydrogens is 248 g/mol. The van der Waals surface area contributed by atoms with Crippen molar-refractivity contribution in [3.63, 3.8) is 0 Å². The topological polar surface area (TPSA) is 57.5 Å². The molecule has 2 rings (SSSR count). The zero-order chi connectivity index (χ0) is 13.0. The van der Waals surface area contributed by atoms with Crippen LogP contribution < -0.4 is 10.0 Å². The fourth-order valence-corrected chi connectivity index (χ4v) is 3.41. The van der Waals surface area contributed by atoms with Crippen LogP contribution in [0.25, 0.3) is 0 Å². The lowest BCUT2D eigenvalue weighted by Gasteiger charge is -2.15. The van der Waals surface area contributed by atoms with E-state index in [0.717, 1.165) is 18.0 Å². The lowest BCUT2D eigenvalue weighted by atomic mass is 10.2. The summed E-state index contributed by atoms with van der Waals surface area (Å²) in [5.41, 5.74) is 0.598. The molecule has 100 valence electrons. The van der Waals surface area contributed by atoms with E-state index in [9.17, 15) is 9.90 Å². The van der Waals surface area contributed by atoms with E-state index in [0.29, 0.717) is 5.69 Å². The van der Waals surface area contributed by atoms with Gasteiger partial charge in [0.25, 0.3) is 0 Å². The van der Waals surface area contributed by atoms with Gasteiger partial charge < -0.3 is 14.8 Å². The molecule has 1 aromatic rings. The highest BCUT2D eigenvalue weighted by molar-refractivity contribution is 7.13. The summed E-state index contributed by atoms with van der Waals surface area (Å²) in [6.45, 7) is 5.30. The lowest BCUT2D eigenvalue weighted by molar-refractivity contribution is -0.899. The molecule has 1 fully saturated rings. The minimum atomic E-state index is -1.10. The summed E-state index contributed by atoms with van der Waals surface area (Å²) in [6.07, 6.45) is 6.23. The third-order valence-electron chi connectivity index (χ3n) is 3.53. The number of hydrogen-bond acceptors (Lipinski definition) is 4. The largest absolute Gasteiger partial charge is 0.544 e. The van der Waals surface area contributed by atoms with Gasteiger partial charge >= 0.3 is 0 Å². The van der Waals surface area contributed by atoms with Crippen LogP contribution in [0.15, 0.2) is 0 Å². The van der Waals surface area contributed by atoms with Gasteiger partial charge in [-0.2, -0.15) is 0 Å². The minimum absolute atomic E-state index is 0.288. The molecule has 4 nitrogen and oxygen atoms in total. The molecule has 0 aliphatic carbocycles. The first-order valence-corrected chi connectivity index (χ1v) is 7.49. The maximum Gasteiger partial charge on any atom is 0.0991 e. The second kappa shape index (κ2) is 6.29. The molecule has 0 amide bonds. The molecule has 1 aliphatic rings. The number of quaternary nitrogens is 1. The van der Waals surface area contributed by atoms with Gasteiger partial charge in [-0.25, -0.2) is 4.98 Å². The Morgan fingerprint density at radius 1 is 1.33 bits per heavy atom. The molecule has 18 heavy (non-hydrogen) atoms. The van der Waals surface area contributed by atoms with E-state index in [-0.39, 0.29) is 4.88 Å². The molecule has 5 heteroatoms. The number of carboxylic acids is 1. The number of nitrogens with zero attached hydrogens (tertiary/aromatic N) is 1. The molecule has 1 saturated heterocycles. The van der Waals surface area contributed by atoms with Crippen LogP contribution >= 0.6 is 11.3 Å². The van der Waals surface area contributed by atoms with Gasteiger partial charge in [0.15, 0.2) is 0 Å². The number of aryl methyl sites for hydroxylation is 1. The third-order valence-corrected chi connectivity index (χ3v) is 4.73.